The van der Waals surface area contributed by atoms with Gasteiger partial charge in [0.2, 0.25) is 0 Å². The fraction of sp³-hybridized carbons (Fsp3) is 0.706. The van der Waals surface area contributed by atoms with Crippen LogP contribution in [0.5, 0.6) is 0 Å². The zero-order valence-corrected chi connectivity index (χ0v) is 13.8. The van der Waals surface area contributed by atoms with Gasteiger partial charge in [-0.2, -0.15) is 0 Å². The van der Waals surface area contributed by atoms with Crippen molar-refractivity contribution in [3.05, 3.63) is 29.6 Å². The summed E-state index contributed by atoms with van der Waals surface area (Å²) in [6.45, 7) is 7.54. The largest absolute Gasteiger partial charge is 0.313 e. The molecule has 1 N–H and O–H groups in total. The predicted octanol–water partition coefficient (Wildman–Crippen LogP) is 2.11. The summed E-state index contributed by atoms with van der Waals surface area (Å²) < 4.78 is 0. The van der Waals surface area contributed by atoms with E-state index in [-0.39, 0.29) is 0 Å². The zero-order valence-electron chi connectivity index (χ0n) is 13.8. The number of hydrogen-bond donors (Lipinski definition) is 1. The molecule has 0 amide bonds. The van der Waals surface area contributed by atoms with Gasteiger partial charge >= 0.3 is 0 Å². The van der Waals surface area contributed by atoms with E-state index in [4.69, 9.17) is 0 Å². The Morgan fingerprint density at radius 2 is 2.29 bits per heavy atom. The molecular formula is C17H30N4. The number of aromatic nitrogens is 1. The standard InChI is InChI=1S/C17H30N4/c1-4-9-18-11-15-7-8-16(19-12-15)13-21(3)17-6-5-10-20(2)14-17/h7-8,12,17-18H,4-6,9-11,13-14H2,1-3H3. The molecule has 0 aromatic carbocycles. The van der Waals surface area contributed by atoms with Gasteiger partial charge in [-0.15, -0.1) is 0 Å². The molecule has 0 aliphatic carbocycles. The van der Waals surface area contributed by atoms with E-state index in [1.165, 1.54) is 43.6 Å². The van der Waals surface area contributed by atoms with Crippen molar-refractivity contribution in [2.24, 2.45) is 0 Å². The number of piperidine rings is 1. The Morgan fingerprint density at radius 1 is 1.43 bits per heavy atom. The maximum Gasteiger partial charge on any atom is 0.0544 e. The van der Waals surface area contributed by atoms with E-state index in [2.05, 4.69) is 53.3 Å². The Morgan fingerprint density at radius 3 is 2.95 bits per heavy atom. The van der Waals surface area contributed by atoms with Gasteiger partial charge in [-0.3, -0.25) is 9.88 Å². The highest BCUT2D eigenvalue weighted by atomic mass is 15.2. The van der Waals surface area contributed by atoms with Gasteiger partial charge in [0.05, 0.1) is 5.69 Å². The number of hydrogen-bond acceptors (Lipinski definition) is 4. The molecular weight excluding hydrogens is 260 g/mol. The molecule has 1 aliphatic rings. The van der Waals surface area contributed by atoms with Crippen molar-refractivity contribution in [1.29, 1.82) is 0 Å². The van der Waals surface area contributed by atoms with E-state index in [0.717, 1.165) is 19.6 Å². The lowest BCUT2D eigenvalue weighted by atomic mass is 10.0. The third-order valence-corrected chi connectivity index (χ3v) is 4.28. The third kappa shape index (κ3) is 5.38. The molecule has 0 radical (unpaired) electrons. The van der Waals surface area contributed by atoms with Crippen LogP contribution < -0.4 is 5.32 Å². The molecule has 2 heterocycles. The van der Waals surface area contributed by atoms with Crippen LogP contribution >= 0.6 is 0 Å². The molecule has 2 rings (SSSR count). The SMILES string of the molecule is CCCNCc1ccc(CN(C)C2CCCN(C)C2)nc1. The van der Waals surface area contributed by atoms with Crippen LogP contribution in [0.1, 0.15) is 37.4 Å². The number of likely N-dealkylation sites (N-methyl/N-ethyl adjacent to an activating group) is 2. The van der Waals surface area contributed by atoms with Crippen LogP contribution in [0.4, 0.5) is 0 Å². The fourth-order valence-electron chi connectivity index (χ4n) is 2.95. The molecule has 1 aromatic rings. The first-order chi connectivity index (χ1) is 10.2. The predicted molar refractivity (Wildman–Crippen MR) is 88.2 cm³/mol. The van der Waals surface area contributed by atoms with Crippen molar-refractivity contribution in [3.8, 4) is 0 Å². The molecule has 0 spiro atoms. The quantitative estimate of drug-likeness (QED) is 0.779. The molecule has 0 saturated carbocycles. The molecule has 0 bridgehead atoms. The highest BCUT2D eigenvalue weighted by Gasteiger charge is 2.21. The minimum absolute atomic E-state index is 0.663. The van der Waals surface area contributed by atoms with Crippen LogP contribution in [0.3, 0.4) is 0 Å². The normalized spacial score (nSPS) is 20.1. The second-order valence-corrected chi connectivity index (χ2v) is 6.31. The first-order valence-electron chi connectivity index (χ1n) is 8.22. The monoisotopic (exact) mass is 290 g/mol. The molecule has 1 aromatic heterocycles. The number of pyridine rings is 1. The summed E-state index contributed by atoms with van der Waals surface area (Å²) in [5, 5.41) is 3.41. The van der Waals surface area contributed by atoms with Crippen LogP contribution in [-0.4, -0.2) is 54.6 Å². The maximum absolute atomic E-state index is 4.62. The summed E-state index contributed by atoms with van der Waals surface area (Å²) >= 11 is 0. The van der Waals surface area contributed by atoms with Gasteiger partial charge in [-0.25, -0.2) is 0 Å². The first kappa shape index (κ1) is 16.4. The van der Waals surface area contributed by atoms with Crippen molar-refractivity contribution in [1.82, 2.24) is 20.1 Å². The minimum Gasteiger partial charge on any atom is -0.313 e. The van der Waals surface area contributed by atoms with Gasteiger partial charge in [0, 0.05) is 31.9 Å². The van der Waals surface area contributed by atoms with E-state index in [0.29, 0.717) is 6.04 Å². The maximum atomic E-state index is 4.62. The average Bonchev–Trinajstić information content (AvgIpc) is 2.49. The fourth-order valence-corrected chi connectivity index (χ4v) is 2.95. The number of nitrogens with zero attached hydrogens (tertiary/aromatic N) is 3. The Labute approximate surface area is 129 Å². The molecule has 1 fully saturated rings. The smallest absolute Gasteiger partial charge is 0.0544 e. The van der Waals surface area contributed by atoms with Gasteiger partial charge in [0.1, 0.15) is 0 Å². The lowest BCUT2D eigenvalue weighted by molar-refractivity contribution is 0.128. The molecule has 4 heteroatoms. The summed E-state index contributed by atoms with van der Waals surface area (Å²) in [7, 11) is 4.44. The Kier molecular flexibility index (Phi) is 6.61. The number of nitrogens with one attached hydrogen (secondary N) is 1. The topological polar surface area (TPSA) is 31.4 Å². The first-order valence-corrected chi connectivity index (χ1v) is 8.22. The van der Waals surface area contributed by atoms with Crippen molar-refractivity contribution >= 4 is 0 Å². The van der Waals surface area contributed by atoms with Crippen LogP contribution in [-0.2, 0) is 13.1 Å². The highest BCUT2D eigenvalue weighted by molar-refractivity contribution is 5.14. The molecule has 1 saturated heterocycles. The third-order valence-electron chi connectivity index (χ3n) is 4.28. The summed E-state index contributed by atoms with van der Waals surface area (Å²) in [6.07, 6.45) is 5.80. The van der Waals surface area contributed by atoms with Gasteiger partial charge in [-0.05, 0) is 58.1 Å². The van der Waals surface area contributed by atoms with Crippen molar-refractivity contribution in [3.63, 3.8) is 0 Å². The summed E-state index contributed by atoms with van der Waals surface area (Å²) in [5.74, 6) is 0. The average molecular weight is 290 g/mol. The summed E-state index contributed by atoms with van der Waals surface area (Å²) in [4.78, 5) is 9.50. The molecule has 21 heavy (non-hydrogen) atoms. The molecule has 1 atom stereocenters. The molecule has 1 unspecified atom stereocenters. The molecule has 4 nitrogen and oxygen atoms in total. The van der Waals surface area contributed by atoms with E-state index < -0.39 is 0 Å². The van der Waals surface area contributed by atoms with E-state index in [1.807, 2.05) is 6.20 Å². The second kappa shape index (κ2) is 8.47. The van der Waals surface area contributed by atoms with Gasteiger partial charge in [0.15, 0.2) is 0 Å². The van der Waals surface area contributed by atoms with Gasteiger partial charge < -0.3 is 10.2 Å². The lowest BCUT2D eigenvalue weighted by Crippen LogP contribution is -2.44. The van der Waals surface area contributed by atoms with Crippen LogP contribution in [0.25, 0.3) is 0 Å². The Balaban J connectivity index is 1.81. The number of rotatable bonds is 7. The van der Waals surface area contributed by atoms with Crippen molar-refractivity contribution in [2.45, 2.75) is 45.3 Å². The summed E-state index contributed by atoms with van der Waals surface area (Å²) in [6, 6.07) is 5.04. The van der Waals surface area contributed by atoms with Crippen LogP contribution in [0, 0.1) is 0 Å². The van der Waals surface area contributed by atoms with Crippen LogP contribution in [0.15, 0.2) is 18.3 Å². The van der Waals surface area contributed by atoms with E-state index >= 15 is 0 Å². The van der Waals surface area contributed by atoms with E-state index in [1.54, 1.807) is 0 Å². The zero-order chi connectivity index (χ0) is 15.1. The van der Waals surface area contributed by atoms with Gasteiger partial charge in [-0.1, -0.05) is 13.0 Å². The van der Waals surface area contributed by atoms with Crippen molar-refractivity contribution < 1.29 is 0 Å². The molecule has 118 valence electrons. The summed E-state index contributed by atoms with van der Waals surface area (Å²) in [5.41, 5.74) is 2.44. The second-order valence-electron chi connectivity index (χ2n) is 6.31. The van der Waals surface area contributed by atoms with Gasteiger partial charge in [0.25, 0.3) is 0 Å². The van der Waals surface area contributed by atoms with Crippen molar-refractivity contribution in [2.75, 3.05) is 33.7 Å². The van der Waals surface area contributed by atoms with E-state index in [9.17, 15) is 0 Å². The molecule has 1 aliphatic heterocycles. The Bertz CT molecular complexity index is 404. The lowest BCUT2D eigenvalue weighted by Gasteiger charge is -2.35. The van der Waals surface area contributed by atoms with Crippen LogP contribution in [0.2, 0.25) is 0 Å². The highest BCUT2D eigenvalue weighted by Crippen LogP contribution is 2.15. The Hall–Kier alpha value is -0.970. The minimum atomic E-state index is 0.663. The number of likely N-dealkylation sites (tertiary alicyclic amines) is 1.